The third-order valence-corrected chi connectivity index (χ3v) is 12.5. The lowest BCUT2D eigenvalue weighted by Crippen LogP contribution is -2.11. The van der Waals surface area contributed by atoms with Crippen molar-refractivity contribution in [2.45, 2.75) is 0 Å². The number of hydrogen-bond donors (Lipinski definition) is 0. The number of hydrogen-bond acceptors (Lipinski definition) is 3. The van der Waals surface area contributed by atoms with Crippen molar-refractivity contribution in [1.82, 2.24) is 4.57 Å². The molecule has 0 fully saturated rings. The number of fused-ring (bicyclic) bond motifs is 11. The molecule has 0 atom stereocenters. The van der Waals surface area contributed by atoms with Crippen LogP contribution in [0.15, 0.2) is 170 Å². The molecule has 8 aromatic carbocycles. The van der Waals surface area contributed by atoms with E-state index in [0.717, 1.165) is 11.4 Å². The van der Waals surface area contributed by atoms with Crippen LogP contribution in [-0.2, 0) is 0 Å². The lowest BCUT2D eigenvalue weighted by molar-refractivity contribution is 1.18. The predicted octanol–water partition coefficient (Wildman–Crippen LogP) is 14.1. The van der Waals surface area contributed by atoms with Crippen molar-refractivity contribution < 1.29 is 0 Å². The predicted molar refractivity (Wildman–Crippen MR) is 219 cm³/mol. The number of rotatable bonds is 4. The third kappa shape index (κ3) is 4.01. The Morgan fingerprint density at radius 3 is 1.88 bits per heavy atom. The van der Waals surface area contributed by atoms with Crippen molar-refractivity contribution in [2.24, 2.45) is 0 Å². The fourth-order valence-corrected chi connectivity index (χ4v) is 10.4. The van der Waals surface area contributed by atoms with Crippen molar-refractivity contribution in [3.63, 3.8) is 0 Å². The summed E-state index contributed by atoms with van der Waals surface area (Å²) in [6.45, 7) is 0. The Balaban J connectivity index is 1.30. The Kier molecular flexibility index (Phi) is 6.03. The van der Waals surface area contributed by atoms with E-state index < -0.39 is 0 Å². The molecule has 0 N–H and O–H groups in total. The molecule has 0 amide bonds. The summed E-state index contributed by atoms with van der Waals surface area (Å²) in [4.78, 5) is 2.54. The van der Waals surface area contributed by atoms with Gasteiger partial charge in [0.05, 0.1) is 27.1 Å². The van der Waals surface area contributed by atoms with Crippen LogP contribution in [0, 0.1) is 0 Å². The molecule has 0 saturated heterocycles. The van der Waals surface area contributed by atoms with E-state index in [1.165, 1.54) is 84.3 Å². The maximum Gasteiger partial charge on any atom is 0.0647 e. The summed E-state index contributed by atoms with van der Waals surface area (Å²) in [5.41, 5.74) is 7.08. The van der Waals surface area contributed by atoms with Crippen molar-refractivity contribution in [2.75, 3.05) is 4.90 Å². The van der Waals surface area contributed by atoms with Crippen LogP contribution < -0.4 is 4.90 Å². The minimum Gasteiger partial charge on any atom is -0.309 e. The van der Waals surface area contributed by atoms with E-state index in [4.69, 9.17) is 0 Å². The first-order valence-electron chi connectivity index (χ1n) is 16.9. The van der Waals surface area contributed by atoms with Crippen LogP contribution in [0.2, 0.25) is 0 Å². The molecule has 0 aliphatic heterocycles. The Hall–Kier alpha value is -5.94. The van der Waals surface area contributed by atoms with E-state index in [-0.39, 0.29) is 0 Å². The van der Waals surface area contributed by atoms with Gasteiger partial charge in [0.2, 0.25) is 0 Å². The average molecular weight is 673 g/mol. The molecular weight excluding hydrogens is 645 g/mol. The van der Waals surface area contributed by atoms with E-state index in [1.807, 2.05) is 22.7 Å². The van der Waals surface area contributed by atoms with Crippen LogP contribution in [0.3, 0.4) is 0 Å². The first-order valence-corrected chi connectivity index (χ1v) is 18.6. The molecule has 3 aromatic heterocycles. The Morgan fingerprint density at radius 1 is 0.400 bits per heavy atom. The van der Waals surface area contributed by atoms with E-state index >= 15 is 0 Å². The second-order valence-corrected chi connectivity index (χ2v) is 15.0. The summed E-state index contributed by atoms with van der Waals surface area (Å²) in [6.07, 6.45) is 0. The Morgan fingerprint density at radius 2 is 1.04 bits per heavy atom. The lowest BCUT2D eigenvalue weighted by atomic mass is 10.0. The topological polar surface area (TPSA) is 8.17 Å². The maximum absolute atomic E-state index is 2.54. The van der Waals surface area contributed by atoms with Gasteiger partial charge in [-0.15, -0.1) is 22.7 Å². The van der Waals surface area contributed by atoms with Crippen molar-refractivity contribution in [1.29, 1.82) is 0 Å². The second-order valence-electron chi connectivity index (χ2n) is 12.9. The SMILES string of the molecule is c1ccc(-n2c3ccccc3c3ccc(N(c4cc5ccccc5c5c4sc4ccccc45)c4cccc5sc6ccccc6c45)cc32)cc1. The van der Waals surface area contributed by atoms with Crippen molar-refractivity contribution >= 4 is 113 Å². The van der Waals surface area contributed by atoms with Crippen LogP contribution in [-0.4, -0.2) is 4.57 Å². The highest BCUT2D eigenvalue weighted by atomic mass is 32.1. The zero-order chi connectivity index (χ0) is 32.8. The molecule has 4 heteroatoms. The van der Waals surface area contributed by atoms with Gasteiger partial charge in [-0.2, -0.15) is 0 Å². The number of thiophene rings is 2. The van der Waals surface area contributed by atoms with Gasteiger partial charge < -0.3 is 9.47 Å². The van der Waals surface area contributed by atoms with Crippen LogP contribution in [0.25, 0.3) is 78.6 Å². The first kappa shape index (κ1) is 28.0. The first-order chi connectivity index (χ1) is 24.8. The molecule has 2 nitrogen and oxygen atoms in total. The van der Waals surface area contributed by atoms with Gasteiger partial charge in [0.1, 0.15) is 0 Å². The third-order valence-electron chi connectivity index (χ3n) is 10.1. The van der Waals surface area contributed by atoms with Gasteiger partial charge in [0.25, 0.3) is 0 Å². The smallest absolute Gasteiger partial charge is 0.0647 e. The molecule has 0 bridgehead atoms. The molecule has 0 aliphatic carbocycles. The molecule has 50 heavy (non-hydrogen) atoms. The summed E-state index contributed by atoms with van der Waals surface area (Å²) in [5, 5.41) is 10.3. The summed E-state index contributed by atoms with van der Waals surface area (Å²) < 4.78 is 7.62. The monoisotopic (exact) mass is 672 g/mol. The van der Waals surface area contributed by atoms with Gasteiger partial charge in [-0.3, -0.25) is 0 Å². The van der Waals surface area contributed by atoms with E-state index in [2.05, 4.69) is 179 Å². The number of nitrogens with zero attached hydrogens (tertiary/aromatic N) is 2. The molecule has 234 valence electrons. The lowest BCUT2D eigenvalue weighted by Gasteiger charge is -2.28. The standard InChI is InChI=1S/C46H28N2S2/c1-2-14-30(15-3-1)47-37-20-9-6-17-33(37)34-26-25-31(28-39(34)47)48(38-21-12-24-43-45(38)36-19-8-10-22-41(36)49-43)40-27-29-13-4-5-16-32(29)44-35-18-7-11-23-42(35)50-46(40)44/h1-28H. The van der Waals surface area contributed by atoms with Crippen molar-refractivity contribution in [3.8, 4) is 5.69 Å². The zero-order valence-electron chi connectivity index (χ0n) is 26.9. The van der Waals surface area contributed by atoms with Crippen LogP contribution in [0.4, 0.5) is 17.1 Å². The molecule has 0 unspecified atom stereocenters. The minimum absolute atomic E-state index is 1.13. The average Bonchev–Trinajstić information content (AvgIpc) is 3.85. The summed E-state index contributed by atoms with van der Waals surface area (Å²) in [7, 11) is 0. The zero-order valence-corrected chi connectivity index (χ0v) is 28.5. The highest BCUT2D eigenvalue weighted by Gasteiger charge is 2.24. The van der Waals surface area contributed by atoms with Crippen LogP contribution in [0.5, 0.6) is 0 Å². The van der Waals surface area contributed by atoms with Crippen molar-refractivity contribution in [3.05, 3.63) is 170 Å². The summed E-state index contributed by atoms with van der Waals surface area (Å²) in [6, 6.07) is 62.4. The van der Waals surface area contributed by atoms with E-state index in [0.29, 0.717) is 0 Å². The number of benzene rings is 8. The largest absolute Gasteiger partial charge is 0.309 e. The maximum atomic E-state index is 2.54. The van der Waals surface area contributed by atoms with Gasteiger partial charge in [0, 0.05) is 57.8 Å². The van der Waals surface area contributed by atoms with Gasteiger partial charge in [-0.1, -0.05) is 109 Å². The second kappa shape index (κ2) is 10.8. The van der Waals surface area contributed by atoms with Gasteiger partial charge >= 0.3 is 0 Å². The molecule has 0 radical (unpaired) electrons. The van der Waals surface area contributed by atoms with Crippen LogP contribution in [0.1, 0.15) is 0 Å². The molecular formula is C46H28N2S2. The normalized spacial score (nSPS) is 12.0. The molecule has 0 aliphatic rings. The quantitative estimate of drug-likeness (QED) is 0.181. The van der Waals surface area contributed by atoms with Gasteiger partial charge in [0.15, 0.2) is 0 Å². The molecule has 0 spiro atoms. The summed E-state index contributed by atoms with van der Waals surface area (Å²) >= 11 is 3.77. The van der Waals surface area contributed by atoms with Gasteiger partial charge in [-0.05, 0) is 71.4 Å². The fourth-order valence-electron chi connectivity index (χ4n) is 8.03. The number of para-hydroxylation sites is 2. The molecule has 11 rings (SSSR count). The van der Waals surface area contributed by atoms with E-state index in [9.17, 15) is 0 Å². The highest BCUT2D eigenvalue weighted by molar-refractivity contribution is 7.27. The van der Waals surface area contributed by atoms with Gasteiger partial charge in [-0.25, -0.2) is 0 Å². The Bertz CT molecular complexity index is 3110. The number of aromatic nitrogens is 1. The minimum atomic E-state index is 1.13. The molecule has 11 aromatic rings. The molecule has 0 saturated carbocycles. The summed E-state index contributed by atoms with van der Waals surface area (Å²) in [5.74, 6) is 0. The van der Waals surface area contributed by atoms with E-state index in [1.54, 1.807) is 0 Å². The Labute approximate surface area is 296 Å². The fraction of sp³-hybridized carbons (Fsp3) is 0. The molecule has 3 heterocycles. The van der Waals surface area contributed by atoms with Crippen LogP contribution >= 0.6 is 22.7 Å². The highest BCUT2D eigenvalue weighted by Crippen LogP contribution is 2.51. The number of anilines is 3.